The average Bonchev–Trinajstić information content (AvgIpc) is 2.75. The molecule has 0 bridgehead atoms. The second-order valence-corrected chi connectivity index (χ2v) is 8.37. The molecule has 2 atom stereocenters. The zero-order valence-electron chi connectivity index (χ0n) is 17.4. The van der Waals surface area contributed by atoms with Crippen molar-refractivity contribution in [1.29, 1.82) is 5.26 Å². The SMILES string of the molecule is Cc1ccc(Nc2ncc(C)c(NCC3CCCN4CCCCC34)n2)cc1C#N. The molecule has 3 heterocycles. The van der Waals surface area contributed by atoms with Gasteiger partial charge in [-0.2, -0.15) is 10.2 Å². The van der Waals surface area contributed by atoms with Crippen LogP contribution < -0.4 is 10.6 Å². The van der Waals surface area contributed by atoms with E-state index in [0.29, 0.717) is 17.4 Å². The van der Waals surface area contributed by atoms with Gasteiger partial charge in [0.05, 0.1) is 11.6 Å². The third-order valence-electron chi connectivity index (χ3n) is 6.35. The predicted molar refractivity (Wildman–Crippen MR) is 116 cm³/mol. The van der Waals surface area contributed by atoms with Gasteiger partial charge in [0.25, 0.3) is 0 Å². The van der Waals surface area contributed by atoms with Crippen LogP contribution in [0.4, 0.5) is 17.5 Å². The van der Waals surface area contributed by atoms with E-state index in [-0.39, 0.29) is 0 Å². The fourth-order valence-corrected chi connectivity index (χ4v) is 4.67. The summed E-state index contributed by atoms with van der Waals surface area (Å²) in [5.41, 5.74) is 3.50. The third kappa shape index (κ3) is 4.51. The predicted octanol–water partition coefficient (Wildman–Crippen LogP) is 4.39. The molecule has 6 heteroatoms. The van der Waals surface area contributed by atoms with Gasteiger partial charge < -0.3 is 15.5 Å². The third-order valence-corrected chi connectivity index (χ3v) is 6.35. The number of nitriles is 1. The molecule has 1 aromatic carbocycles. The Balaban J connectivity index is 1.44. The zero-order chi connectivity index (χ0) is 20.2. The quantitative estimate of drug-likeness (QED) is 0.789. The highest BCUT2D eigenvalue weighted by atomic mass is 15.2. The van der Waals surface area contributed by atoms with E-state index in [0.717, 1.165) is 35.2 Å². The molecule has 4 rings (SSSR count). The molecule has 152 valence electrons. The summed E-state index contributed by atoms with van der Waals surface area (Å²) in [4.78, 5) is 11.8. The molecule has 2 unspecified atom stereocenters. The highest BCUT2D eigenvalue weighted by Crippen LogP contribution is 2.31. The lowest BCUT2D eigenvalue weighted by molar-refractivity contribution is 0.0649. The fraction of sp³-hybridized carbons (Fsp3) is 0.522. The van der Waals surface area contributed by atoms with Crippen LogP contribution in [-0.4, -0.2) is 40.5 Å². The van der Waals surface area contributed by atoms with Gasteiger partial charge in [0.1, 0.15) is 5.82 Å². The lowest BCUT2D eigenvalue weighted by Gasteiger charge is -2.44. The molecule has 2 aliphatic rings. The van der Waals surface area contributed by atoms with Crippen molar-refractivity contribution in [3.05, 3.63) is 41.1 Å². The van der Waals surface area contributed by atoms with Gasteiger partial charge in [-0.05, 0) is 76.2 Å². The van der Waals surface area contributed by atoms with Gasteiger partial charge >= 0.3 is 0 Å². The number of aromatic nitrogens is 2. The van der Waals surface area contributed by atoms with Crippen molar-refractivity contribution < 1.29 is 0 Å². The van der Waals surface area contributed by atoms with Crippen molar-refractivity contribution in [1.82, 2.24) is 14.9 Å². The number of piperidine rings is 2. The van der Waals surface area contributed by atoms with Crippen LogP contribution in [0.1, 0.15) is 48.8 Å². The van der Waals surface area contributed by atoms with Crippen LogP contribution in [0.5, 0.6) is 0 Å². The van der Waals surface area contributed by atoms with Crippen LogP contribution in [0, 0.1) is 31.1 Å². The summed E-state index contributed by atoms with van der Waals surface area (Å²) in [6, 6.07) is 8.67. The molecule has 2 saturated heterocycles. The molecule has 29 heavy (non-hydrogen) atoms. The Morgan fingerprint density at radius 3 is 2.86 bits per heavy atom. The first-order valence-electron chi connectivity index (χ1n) is 10.7. The summed E-state index contributed by atoms with van der Waals surface area (Å²) in [5, 5.41) is 16.1. The second kappa shape index (κ2) is 8.79. The van der Waals surface area contributed by atoms with Crippen molar-refractivity contribution in [2.45, 2.75) is 52.0 Å². The molecular formula is C23H30N6. The highest BCUT2D eigenvalue weighted by Gasteiger charge is 2.32. The summed E-state index contributed by atoms with van der Waals surface area (Å²) in [6.07, 6.45) is 8.49. The second-order valence-electron chi connectivity index (χ2n) is 8.37. The van der Waals surface area contributed by atoms with Crippen molar-refractivity contribution in [2.24, 2.45) is 5.92 Å². The van der Waals surface area contributed by atoms with E-state index in [1.54, 1.807) is 0 Å². The standard InChI is InChI=1S/C23H30N6/c1-16-8-9-20(12-19(16)13-24)27-23-26-14-17(2)22(28-23)25-15-18-6-5-11-29-10-4-3-7-21(18)29/h8-9,12,14,18,21H,3-7,10-11,15H2,1-2H3,(H2,25,26,27,28). The smallest absolute Gasteiger partial charge is 0.229 e. The van der Waals surface area contributed by atoms with Gasteiger partial charge in [0.2, 0.25) is 5.95 Å². The van der Waals surface area contributed by atoms with Crippen molar-refractivity contribution >= 4 is 17.5 Å². The molecule has 0 spiro atoms. The van der Waals surface area contributed by atoms with Gasteiger partial charge in [0, 0.05) is 30.0 Å². The first kappa shape index (κ1) is 19.7. The minimum absolute atomic E-state index is 0.550. The summed E-state index contributed by atoms with van der Waals surface area (Å²) in [6.45, 7) is 7.47. The number of fused-ring (bicyclic) bond motifs is 1. The van der Waals surface area contributed by atoms with Crippen LogP contribution in [-0.2, 0) is 0 Å². The van der Waals surface area contributed by atoms with Crippen LogP contribution in [0.3, 0.4) is 0 Å². The molecule has 0 radical (unpaired) electrons. The summed E-state index contributed by atoms with van der Waals surface area (Å²) < 4.78 is 0. The van der Waals surface area contributed by atoms with Crippen LogP contribution >= 0.6 is 0 Å². The fourth-order valence-electron chi connectivity index (χ4n) is 4.67. The first-order chi connectivity index (χ1) is 14.1. The zero-order valence-corrected chi connectivity index (χ0v) is 17.4. The van der Waals surface area contributed by atoms with Crippen molar-refractivity contribution in [2.75, 3.05) is 30.3 Å². The van der Waals surface area contributed by atoms with Gasteiger partial charge in [0.15, 0.2) is 0 Å². The number of benzene rings is 1. The lowest BCUT2D eigenvalue weighted by Crippen LogP contribution is -2.49. The van der Waals surface area contributed by atoms with E-state index in [2.05, 4.69) is 26.6 Å². The Morgan fingerprint density at radius 1 is 1.14 bits per heavy atom. The van der Waals surface area contributed by atoms with Crippen LogP contribution in [0.2, 0.25) is 0 Å². The van der Waals surface area contributed by atoms with E-state index < -0.39 is 0 Å². The van der Waals surface area contributed by atoms with Crippen LogP contribution in [0.15, 0.2) is 24.4 Å². The Hall–Kier alpha value is -2.65. The number of aryl methyl sites for hydroxylation is 2. The molecule has 0 amide bonds. The molecule has 0 saturated carbocycles. The molecular weight excluding hydrogens is 360 g/mol. The lowest BCUT2D eigenvalue weighted by atomic mass is 9.83. The number of hydrogen-bond donors (Lipinski definition) is 2. The Kier molecular flexibility index (Phi) is 5.96. The molecule has 2 aliphatic heterocycles. The van der Waals surface area contributed by atoms with E-state index >= 15 is 0 Å². The van der Waals surface area contributed by atoms with Crippen molar-refractivity contribution in [3.63, 3.8) is 0 Å². The van der Waals surface area contributed by atoms with Crippen molar-refractivity contribution in [3.8, 4) is 6.07 Å². The van der Waals surface area contributed by atoms with E-state index in [1.807, 2.05) is 38.2 Å². The molecule has 0 aliphatic carbocycles. The maximum Gasteiger partial charge on any atom is 0.229 e. The topological polar surface area (TPSA) is 76.9 Å². The van der Waals surface area contributed by atoms with Gasteiger partial charge in [-0.3, -0.25) is 0 Å². The largest absolute Gasteiger partial charge is 0.369 e. The van der Waals surface area contributed by atoms with Gasteiger partial charge in [-0.1, -0.05) is 12.5 Å². The number of nitrogens with zero attached hydrogens (tertiary/aromatic N) is 4. The number of nitrogens with one attached hydrogen (secondary N) is 2. The Morgan fingerprint density at radius 2 is 2.00 bits per heavy atom. The summed E-state index contributed by atoms with van der Waals surface area (Å²) in [5.74, 6) is 2.13. The minimum Gasteiger partial charge on any atom is -0.369 e. The summed E-state index contributed by atoms with van der Waals surface area (Å²) >= 11 is 0. The summed E-state index contributed by atoms with van der Waals surface area (Å²) in [7, 11) is 0. The Labute approximate surface area is 173 Å². The molecule has 2 fully saturated rings. The maximum atomic E-state index is 9.24. The molecule has 2 N–H and O–H groups in total. The van der Waals surface area contributed by atoms with E-state index in [9.17, 15) is 5.26 Å². The van der Waals surface area contributed by atoms with E-state index in [4.69, 9.17) is 4.98 Å². The van der Waals surface area contributed by atoms with Gasteiger partial charge in [-0.15, -0.1) is 0 Å². The number of anilines is 3. The monoisotopic (exact) mass is 390 g/mol. The molecule has 2 aromatic rings. The highest BCUT2D eigenvalue weighted by molar-refractivity contribution is 5.59. The average molecular weight is 391 g/mol. The number of rotatable bonds is 5. The number of hydrogen-bond acceptors (Lipinski definition) is 6. The Bertz CT molecular complexity index is 901. The maximum absolute atomic E-state index is 9.24. The van der Waals surface area contributed by atoms with Gasteiger partial charge in [-0.25, -0.2) is 4.98 Å². The molecule has 6 nitrogen and oxygen atoms in total. The molecule has 1 aromatic heterocycles. The normalized spacial score (nSPS) is 21.8. The first-order valence-corrected chi connectivity index (χ1v) is 10.7. The van der Waals surface area contributed by atoms with Crippen LogP contribution in [0.25, 0.3) is 0 Å². The van der Waals surface area contributed by atoms with E-state index in [1.165, 1.54) is 45.2 Å². The minimum atomic E-state index is 0.550.